The van der Waals surface area contributed by atoms with Crippen LogP contribution >= 0.6 is 0 Å². The summed E-state index contributed by atoms with van der Waals surface area (Å²) in [5.74, 6) is 6.70. The normalized spacial score (nSPS) is 22.8. The van der Waals surface area contributed by atoms with Crippen molar-refractivity contribution in [3.05, 3.63) is 105 Å². The van der Waals surface area contributed by atoms with Gasteiger partial charge in [0.15, 0.2) is 0 Å². The third-order valence-electron chi connectivity index (χ3n) is 8.39. The van der Waals surface area contributed by atoms with Gasteiger partial charge in [-0.05, 0) is 103 Å². The smallest absolute Gasteiger partial charge is 0.0586 e. The molecule has 222 valence electrons. The fourth-order valence-corrected chi connectivity index (χ4v) is 6.01. The number of rotatable bonds is 9. The molecule has 2 rings (SSSR count). The summed E-state index contributed by atoms with van der Waals surface area (Å²) < 4.78 is 0. The average Bonchev–Trinajstić information content (AvgIpc) is 2.84. The van der Waals surface area contributed by atoms with Crippen molar-refractivity contribution in [3.63, 3.8) is 0 Å². The molecule has 41 heavy (non-hydrogen) atoms. The summed E-state index contributed by atoms with van der Waals surface area (Å²) in [7, 11) is 0. The van der Waals surface area contributed by atoms with Gasteiger partial charge in [-0.1, -0.05) is 128 Å². The van der Waals surface area contributed by atoms with E-state index in [1.54, 1.807) is 5.57 Å². The quantitative estimate of drug-likeness (QED) is 0.223. The molecule has 0 saturated heterocycles. The lowest BCUT2D eigenvalue weighted by atomic mass is 9.72. The van der Waals surface area contributed by atoms with Crippen LogP contribution in [0.4, 0.5) is 0 Å². The van der Waals surface area contributed by atoms with Crippen molar-refractivity contribution in [1.82, 2.24) is 0 Å². The molecule has 0 amide bonds. The summed E-state index contributed by atoms with van der Waals surface area (Å²) in [6.45, 7) is 22.1. The summed E-state index contributed by atoms with van der Waals surface area (Å²) in [6.07, 6.45) is 29.1. The predicted octanol–water partition coefficient (Wildman–Crippen LogP) is 11.2. The predicted molar refractivity (Wildman–Crippen MR) is 182 cm³/mol. The molecule has 1 nitrogen and oxygen atoms in total. The molecular weight excluding hydrogens is 496 g/mol. The molecular formula is C40H56O. The van der Waals surface area contributed by atoms with Gasteiger partial charge in [-0.2, -0.15) is 0 Å². The second-order valence-electron chi connectivity index (χ2n) is 13.6. The van der Waals surface area contributed by atoms with Crippen LogP contribution in [0.3, 0.4) is 0 Å². The van der Waals surface area contributed by atoms with Gasteiger partial charge >= 0.3 is 0 Å². The molecule has 2 aliphatic rings. The molecule has 1 heteroatoms. The summed E-state index contributed by atoms with van der Waals surface area (Å²) >= 11 is 0. The van der Waals surface area contributed by atoms with E-state index >= 15 is 0 Å². The van der Waals surface area contributed by atoms with Crippen LogP contribution in [-0.4, -0.2) is 11.2 Å². The van der Waals surface area contributed by atoms with Gasteiger partial charge in [0.2, 0.25) is 0 Å². The number of hydrogen-bond acceptors (Lipinski definition) is 1. The second kappa shape index (κ2) is 16.0. The van der Waals surface area contributed by atoms with E-state index in [0.29, 0.717) is 5.41 Å². The Kier molecular flexibility index (Phi) is 13.4. The number of hydrogen-bond donors (Lipinski definition) is 1. The maximum absolute atomic E-state index is 10.1. The lowest BCUT2D eigenvalue weighted by Crippen LogP contribution is -2.28. The largest absolute Gasteiger partial charge is 0.393 e. The molecule has 0 unspecified atom stereocenters. The molecule has 0 heterocycles. The van der Waals surface area contributed by atoms with E-state index in [-0.39, 0.29) is 11.5 Å². The van der Waals surface area contributed by atoms with Crippen LogP contribution < -0.4 is 0 Å². The van der Waals surface area contributed by atoms with Crippen molar-refractivity contribution in [2.24, 2.45) is 10.8 Å². The monoisotopic (exact) mass is 552 g/mol. The van der Waals surface area contributed by atoms with E-state index in [1.807, 2.05) is 6.92 Å². The minimum atomic E-state index is -0.251. The van der Waals surface area contributed by atoms with Crippen LogP contribution in [0.25, 0.3) is 0 Å². The zero-order valence-corrected chi connectivity index (χ0v) is 27.7. The lowest BCUT2D eigenvalue weighted by Gasteiger charge is -2.34. The first-order valence-corrected chi connectivity index (χ1v) is 15.5. The molecule has 0 aromatic carbocycles. The Morgan fingerprint density at radius 3 is 2.27 bits per heavy atom. The topological polar surface area (TPSA) is 20.2 Å². The highest BCUT2D eigenvalue weighted by atomic mass is 16.3. The van der Waals surface area contributed by atoms with Crippen molar-refractivity contribution in [2.75, 3.05) is 0 Å². The Balaban J connectivity index is 1.85. The molecule has 0 saturated carbocycles. The first kappa shape index (κ1) is 34.4. The van der Waals surface area contributed by atoms with Crippen LogP contribution in [0.1, 0.15) is 114 Å². The summed E-state index contributed by atoms with van der Waals surface area (Å²) in [4.78, 5) is 0. The molecule has 0 spiro atoms. The molecule has 0 aliphatic heterocycles. The molecule has 0 fully saturated rings. The van der Waals surface area contributed by atoms with Crippen LogP contribution in [0, 0.1) is 22.7 Å². The van der Waals surface area contributed by atoms with Crippen molar-refractivity contribution in [2.45, 2.75) is 120 Å². The van der Waals surface area contributed by atoms with Crippen molar-refractivity contribution >= 4 is 0 Å². The highest BCUT2D eigenvalue weighted by Crippen LogP contribution is 2.41. The van der Waals surface area contributed by atoms with Gasteiger partial charge in [-0.15, -0.1) is 0 Å². The second-order valence-corrected chi connectivity index (χ2v) is 13.6. The van der Waals surface area contributed by atoms with E-state index in [9.17, 15) is 5.11 Å². The summed E-state index contributed by atoms with van der Waals surface area (Å²) in [5.41, 5.74) is 10.7. The molecule has 0 aromatic heterocycles. The van der Waals surface area contributed by atoms with E-state index in [4.69, 9.17) is 0 Å². The Labute approximate surface area is 253 Å². The van der Waals surface area contributed by atoms with Crippen LogP contribution in [0.2, 0.25) is 0 Å². The SMILES string of the molecule is CC1=C(C#C/C(C)=C/C=C/C(C)=C/C=C/C=C(\C)CC/C=C(C)/C=C/C2=C(C)CCCC2(C)C)C(C)(C)C[C@H](O)C1. The Hall–Kier alpha value is -2.82. The Morgan fingerprint density at radius 2 is 1.59 bits per heavy atom. The van der Waals surface area contributed by atoms with Gasteiger partial charge in [-0.3, -0.25) is 0 Å². The summed E-state index contributed by atoms with van der Waals surface area (Å²) in [6, 6.07) is 0. The zero-order valence-electron chi connectivity index (χ0n) is 27.7. The van der Waals surface area contributed by atoms with Gasteiger partial charge in [0.1, 0.15) is 0 Å². The zero-order chi connectivity index (χ0) is 30.6. The van der Waals surface area contributed by atoms with Gasteiger partial charge in [0.05, 0.1) is 6.10 Å². The fraction of sp³-hybridized carbons (Fsp3) is 0.500. The summed E-state index contributed by atoms with van der Waals surface area (Å²) in [5, 5.41) is 10.1. The maximum atomic E-state index is 10.1. The van der Waals surface area contributed by atoms with E-state index < -0.39 is 0 Å². The third kappa shape index (κ3) is 11.9. The lowest BCUT2D eigenvalue weighted by molar-refractivity contribution is 0.117. The van der Waals surface area contributed by atoms with Crippen molar-refractivity contribution in [3.8, 4) is 11.8 Å². The van der Waals surface area contributed by atoms with Gasteiger partial charge in [0, 0.05) is 11.0 Å². The standard InChI is InChI=1S/C40H56O/c1-30(18-13-20-32(3)23-25-37-34(5)22-15-27-39(37,7)8)16-11-12-17-31(2)19-14-21-33(4)24-26-38-35(6)28-36(41)29-40(38,9)10/h11-12,14,16-17,19-21,23,25,36,41H,13,15,18,22,27-29H2,1-10H3/b12-11+,19-14+,25-23+,30-16+,31-17+,32-20+,33-21+/t36-/m1/s1. The third-order valence-corrected chi connectivity index (χ3v) is 8.39. The Morgan fingerprint density at radius 1 is 0.878 bits per heavy atom. The minimum Gasteiger partial charge on any atom is -0.393 e. The average molecular weight is 553 g/mol. The van der Waals surface area contributed by atoms with Gasteiger partial charge in [-0.25, -0.2) is 0 Å². The first-order chi connectivity index (χ1) is 19.2. The van der Waals surface area contributed by atoms with Crippen LogP contribution in [0.5, 0.6) is 0 Å². The highest BCUT2D eigenvalue weighted by Gasteiger charge is 2.32. The molecule has 0 bridgehead atoms. The molecule has 0 radical (unpaired) electrons. The van der Waals surface area contributed by atoms with Crippen molar-refractivity contribution < 1.29 is 5.11 Å². The first-order valence-electron chi connectivity index (χ1n) is 15.5. The minimum absolute atomic E-state index is 0.0699. The van der Waals surface area contributed by atoms with Crippen molar-refractivity contribution in [1.29, 1.82) is 0 Å². The number of aliphatic hydroxyl groups is 1. The van der Waals surface area contributed by atoms with Crippen LogP contribution in [-0.2, 0) is 0 Å². The molecule has 1 N–H and O–H groups in total. The fourth-order valence-electron chi connectivity index (χ4n) is 6.01. The maximum Gasteiger partial charge on any atom is 0.0586 e. The molecule has 2 aliphatic carbocycles. The van der Waals surface area contributed by atoms with Gasteiger partial charge in [0.25, 0.3) is 0 Å². The van der Waals surface area contributed by atoms with Crippen LogP contribution in [0.15, 0.2) is 105 Å². The van der Waals surface area contributed by atoms with Gasteiger partial charge < -0.3 is 5.11 Å². The number of allylic oxidation sites excluding steroid dienone is 17. The highest BCUT2D eigenvalue weighted by molar-refractivity contribution is 5.45. The number of aliphatic hydroxyl groups excluding tert-OH is 1. The molecule has 1 atom stereocenters. The van der Waals surface area contributed by atoms with E-state index in [1.165, 1.54) is 52.7 Å². The van der Waals surface area contributed by atoms with E-state index in [0.717, 1.165) is 31.3 Å². The molecule has 0 aromatic rings. The Bertz CT molecular complexity index is 1260. The van der Waals surface area contributed by atoms with E-state index in [2.05, 4.69) is 135 Å².